The summed E-state index contributed by atoms with van der Waals surface area (Å²) in [6.45, 7) is 4.60. The van der Waals surface area contributed by atoms with Crippen LogP contribution >= 0.6 is 36.2 Å². The van der Waals surface area contributed by atoms with E-state index in [2.05, 4.69) is 14.9 Å². The fourth-order valence-electron chi connectivity index (χ4n) is 3.06. The molecule has 10 heteroatoms. The number of sulfonamides is 1. The predicted molar refractivity (Wildman–Crippen MR) is 114 cm³/mol. The van der Waals surface area contributed by atoms with Gasteiger partial charge in [-0.15, -0.1) is 36.2 Å². The lowest BCUT2D eigenvalue weighted by Crippen LogP contribution is -2.42. The Morgan fingerprint density at radius 3 is 2.67 bits per heavy atom. The van der Waals surface area contributed by atoms with E-state index in [1.165, 1.54) is 11.3 Å². The van der Waals surface area contributed by atoms with Crippen LogP contribution in [0.15, 0.2) is 50.6 Å². The van der Waals surface area contributed by atoms with Gasteiger partial charge in [-0.05, 0) is 29.6 Å². The second kappa shape index (κ2) is 9.27. The summed E-state index contributed by atoms with van der Waals surface area (Å²) in [6, 6.07) is 8.88. The molecule has 3 aromatic rings. The van der Waals surface area contributed by atoms with Crippen LogP contribution in [0.2, 0.25) is 0 Å². The number of hydrogen-bond acceptors (Lipinski definition) is 6. The van der Waals surface area contributed by atoms with Crippen LogP contribution in [0.5, 0.6) is 0 Å². The second-order valence-electron chi connectivity index (χ2n) is 6.04. The van der Waals surface area contributed by atoms with Crippen molar-refractivity contribution in [1.29, 1.82) is 0 Å². The first-order valence-corrected chi connectivity index (χ1v) is 10.5. The average Bonchev–Trinajstić information content (AvgIpc) is 3.27. The van der Waals surface area contributed by atoms with E-state index in [1.807, 2.05) is 18.2 Å². The third kappa shape index (κ3) is 4.96. The fraction of sp³-hybridized carbons (Fsp3) is 0.294. The van der Waals surface area contributed by atoms with E-state index in [1.54, 1.807) is 23.8 Å². The van der Waals surface area contributed by atoms with Gasteiger partial charge >= 0.3 is 0 Å². The molecule has 4 rings (SSSR count). The smallest absolute Gasteiger partial charge is 0.271 e. The summed E-state index contributed by atoms with van der Waals surface area (Å²) in [7, 11) is -3.56. The molecule has 1 aromatic carbocycles. The van der Waals surface area contributed by atoms with Gasteiger partial charge in [-0.2, -0.15) is 0 Å². The highest BCUT2D eigenvalue weighted by Gasteiger charge is 2.18. The number of rotatable bonds is 5. The van der Waals surface area contributed by atoms with Crippen molar-refractivity contribution in [3.63, 3.8) is 0 Å². The van der Waals surface area contributed by atoms with Crippen molar-refractivity contribution in [1.82, 2.24) is 10.2 Å². The number of anilines is 1. The molecule has 0 atom stereocenters. The third-order valence-corrected chi connectivity index (χ3v) is 7.02. The van der Waals surface area contributed by atoms with Gasteiger partial charge in [-0.1, -0.05) is 6.07 Å². The van der Waals surface area contributed by atoms with Gasteiger partial charge in [0.2, 0.25) is 0 Å². The minimum Gasteiger partial charge on any atom is -0.464 e. The number of fused-ring (bicyclic) bond motifs is 1. The van der Waals surface area contributed by atoms with Gasteiger partial charge in [0.05, 0.1) is 12.0 Å². The molecule has 0 spiro atoms. The zero-order valence-corrected chi connectivity index (χ0v) is 17.6. The van der Waals surface area contributed by atoms with E-state index < -0.39 is 10.0 Å². The van der Waals surface area contributed by atoms with Crippen LogP contribution in [0.3, 0.4) is 0 Å². The van der Waals surface area contributed by atoms with E-state index >= 15 is 0 Å². The fourth-order valence-corrected chi connectivity index (χ4v) is 5.10. The van der Waals surface area contributed by atoms with Crippen LogP contribution in [0.4, 0.5) is 5.69 Å². The Kier molecular flexibility index (Phi) is 7.55. The predicted octanol–water partition coefficient (Wildman–Crippen LogP) is 3.54. The molecule has 148 valence electrons. The van der Waals surface area contributed by atoms with Gasteiger partial charge in [0.25, 0.3) is 10.0 Å². The minimum atomic E-state index is -3.56. The van der Waals surface area contributed by atoms with Crippen LogP contribution in [0.25, 0.3) is 11.0 Å². The lowest BCUT2D eigenvalue weighted by atomic mass is 10.1. The van der Waals surface area contributed by atoms with Crippen molar-refractivity contribution in [3.05, 3.63) is 47.5 Å². The first-order chi connectivity index (χ1) is 12.1. The summed E-state index contributed by atoms with van der Waals surface area (Å²) in [4.78, 5) is 2.34. The molecule has 0 unspecified atom stereocenters. The zero-order chi connectivity index (χ0) is 17.3. The van der Waals surface area contributed by atoms with Crippen molar-refractivity contribution in [2.24, 2.45) is 0 Å². The third-order valence-electron chi connectivity index (χ3n) is 4.24. The molecular weight excluding hydrogens is 429 g/mol. The van der Waals surface area contributed by atoms with Crippen LogP contribution in [-0.2, 0) is 16.6 Å². The Morgan fingerprint density at radius 1 is 1.19 bits per heavy atom. The maximum absolute atomic E-state index is 12.5. The second-order valence-corrected chi connectivity index (χ2v) is 8.89. The number of halogens is 2. The first kappa shape index (κ1) is 22.0. The van der Waals surface area contributed by atoms with Gasteiger partial charge in [-0.25, -0.2) is 8.42 Å². The lowest BCUT2D eigenvalue weighted by molar-refractivity contribution is 0.233. The minimum absolute atomic E-state index is 0. The van der Waals surface area contributed by atoms with Gasteiger partial charge in [-0.3, -0.25) is 9.62 Å². The maximum Gasteiger partial charge on any atom is 0.271 e. The molecule has 1 aliphatic heterocycles. The van der Waals surface area contributed by atoms with Crippen LogP contribution < -0.4 is 10.0 Å². The quantitative estimate of drug-likeness (QED) is 0.622. The molecular formula is C17H21Cl2N3O3S2. The normalized spacial score (nSPS) is 15.1. The van der Waals surface area contributed by atoms with Gasteiger partial charge in [0, 0.05) is 43.7 Å². The molecule has 0 saturated carbocycles. The van der Waals surface area contributed by atoms with Crippen LogP contribution in [0.1, 0.15) is 5.56 Å². The number of thiophene rings is 1. The SMILES string of the molecule is Cl.Cl.O=S(=O)(Nc1cc(CN2CCNCC2)c2occc2c1)c1cccs1. The Labute approximate surface area is 174 Å². The highest BCUT2D eigenvalue weighted by molar-refractivity contribution is 7.94. The van der Waals surface area contributed by atoms with Crippen molar-refractivity contribution in [2.45, 2.75) is 10.8 Å². The molecule has 3 heterocycles. The first-order valence-electron chi connectivity index (χ1n) is 8.11. The summed E-state index contributed by atoms with van der Waals surface area (Å²) in [5.41, 5.74) is 2.37. The Hall–Kier alpha value is -1.29. The summed E-state index contributed by atoms with van der Waals surface area (Å²) in [6.07, 6.45) is 1.64. The van der Waals surface area contributed by atoms with E-state index in [9.17, 15) is 8.42 Å². The molecule has 27 heavy (non-hydrogen) atoms. The molecule has 2 N–H and O–H groups in total. The van der Waals surface area contributed by atoms with E-state index in [0.717, 1.165) is 49.3 Å². The Bertz CT molecular complexity index is 969. The molecule has 0 radical (unpaired) electrons. The molecule has 1 aliphatic rings. The number of furan rings is 1. The number of piperazine rings is 1. The highest BCUT2D eigenvalue weighted by atomic mass is 35.5. The summed E-state index contributed by atoms with van der Waals surface area (Å²) in [5, 5.41) is 5.99. The Balaban J connectivity index is 0.00000131. The molecule has 1 saturated heterocycles. The molecule has 0 amide bonds. The van der Waals surface area contributed by atoms with Crippen molar-refractivity contribution < 1.29 is 12.8 Å². The van der Waals surface area contributed by atoms with Crippen molar-refractivity contribution >= 4 is 62.8 Å². The van der Waals surface area contributed by atoms with Crippen molar-refractivity contribution in [3.8, 4) is 0 Å². The maximum atomic E-state index is 12.5. The summed E-state index contributed by atoms with van der Waals surface area (Å²) in [5.74, 6) is 0. The molecule has 2 aromatic heterocycles. The summed E-state index contributed by atoms with van der Waals surface area (Å²) < 4.78 is 33.6. The number of hydrogen-bond donors (Lipinski definition) is 2. The Morgan fingerprint density at radius 2 is 1.96 bits per heavy atom. The molecule has 0 aliphatic carbocycles. The monoisotopic (exact) mass is 449 g/mol. The lowest BCUT2D eigenvalue weighted by Gasteiger charge is -2.27. The van der Waals surface area contributed by atoms with Gasteiger partial charge < -0.3 is 9.73 Å². The van der Waals surface area contributed by atoms with E-state index in [0.29, 0.717) is 9.90 Å². The van der Waals surface area contributed by atoms with Crippen LogP contribution in [-0.4, -0.2) is 39.5 Å². The number of nitrogens with one attached hydrogen (secondary N) is 2. The molecule has 1 fully saturated rings. The number of nitrogens with zero attached hydrogens (tertiary/aromatic N) is 1. The van der Waals surface area contributed by atoms with Crippen LogP contribution in [0, 0.1) is 0 Å². The largest absolute Gasteiger partial charge is 0.464 e. The number of benzene rings is 1. The highest BCUT2D eigenvalue weighted by Crippen LogP contribution is 2.28. The van der Waals surface area contributed by atoms with Crippen molar-refractivity contribution in [2.75, 3.05) is 30.9 Å². The molecule has 0 bridgehead atoms. The average molecular weight is 450 g/mol. The van der Waals surface area contributed by atoms with Gasteiger partial charge in [0.1, 0.15) is 9.79 Å². The van der Waals surface area contributed by atoms with E-state index in [4.69, 9.17) is 4.42 Å². The van der Waals surface area contributed by atoms with Gasteiger partial charge in [0.15, 0.2) is 0 Å². The standard InChI is InChI=1S/C17H19N3O3S2.2ClH/c21-25(22,16-2-1-9-24-16)19-15-10-13-3-8-23-17(13)14(11-15)12-20-6-4-18-5-7-20;;/h1-3,8-11,18-19H,4-7,12H2;2*1H. The summed E-state index contributed by atoms with van der Waals surface area (Å²) >= 11 is 1.20. The zero-order valence-electron chi connectivity index (χ0n) is 14.4. The molecule has 6 nitrogen and oxygen atoms in total. The van der Waals surface area contributed by atoms with E-state index in [-0.39, 0.29) is 24.8 Å². The topological polar surface area (TPSA) is 74.6 Å².